The lowest BCUT2D eigenvalue weighted by atomic mass is 10.2. The molecule has 0 aliphatic rings. The highest BCUT2D eigenvalue weighted by atomic mass is 79.9. The molecule has 1 N–H and O–H groups in total. The zero-order valence-corrected chi connectivity index (χ0v) is 14.4. The van der Waals surface area contributed by atoms with Crippen molar-refractivity contribution in [3.8, 4) is 0 Å². The van der Waals surface area contributed by atoms with Gasteiger partial charge in [-0.3, -0.25) is 9.59 Å². The minimum absolute atomic E-state index is 0.273. The Morgan fingerprint density at radius 1 is 1.32 bits per heavy atom. The standard InChI is InChI=1S/C16H16BrNO3S/c1-11(16(20)18-13-5-2-4-12(17)10-13)21-15(19)8-7-14-6-3-9-22-14/h2-6,9-11H,7-8H2,1H3,(H,18,20)/t11-/m1/s1. The molecule has 116 valence electrons. The summed E-state index contributed by atoms with van der Waals surface area (Å²) in [7, 11) is 0. The van der Waals surface area contributed by atoms with Crippen molar-refractivity contribution in [2.45, 2.75) is 25.9 Å². The van der Waals surface area contributed by atoms with E-state index in [0.717, 1.165) is 9.35 Å². The minimum Gasteiger partial charge on any atom is -0.453 e. The van der Waals surface area contributed by atoms with Gasteiger partial charge in [-0.25, -0.2) is 0 Å². The largest absolute Gasteiger partial charge is 0.453 e. The van der Waals surface area contributed by atoms with Gasteiger partial charge in [0.05, 0.1) is 6.42 Å². The summed E-state index contributed by atoms with van der Waals surface area (Å²) in [5.74, 6) is -0.715. The summed E-state index contributed by atoms with van der Waals surface area (Å²) in [5, 5.41) is 4.68. The first kappa shape index (κ1) is 16.7. The number of benzene rings is 1. The van der Waals surface area contributed by atoms with Crippen LogP contribution in [0.25, 0.3) is 0 Å². The van der Waals surface area contributed by atoms with Gasteiger partial charge in [-0.2, -0.15) is 0 Å². The molecule has 0 unspecified atom stereocenters. The monoisotopic (exact) mass is 381 g/mol. The normalized spacial score (nSPS) is 11.7. The van der Waals surface area contributed by atoms with Gasteiger partial charge in [0.25, 0.3) is 5.91 Å². The Bertz CT molecular complexity index is 643. The maximum atomic E-state index is 12.0. The number of aryl methyl sites for hydroxylation is 1. The van der Waals surface area contributed by atoms with Crippen molar-refractivity contribution in [3.05, 3.63) is 51.1 Å². The van der Waals surface area contributed by atoms with Crippen molar-refractivity contribution >= 4 is 44.8 Å². The molecule has 0 spiro atoms. The number of hydrogen-bond acceptors (Lipinski definition) is 4. The second kappa shape index (κ2) is 8.10. The molecule has 1 heterocycles. The van der Waals surface area contributed by atoms with Crippen LogP contribution in [0.5, 0.6) is 0 Å². The summed E-state index contributed by atoms with van der Waals surface area (Å²) in [6.07, 6.45) is 0.0840. The molecule has 1 atom stereocenters. The van der Waals surface area contributed by atoms with Gasteiger partial charge in [0.2, 0.25) is 0 Å². The second-order valence-electron chi connectivity index (χ2n) is 4.71. The van der Waals surface area contributed by atoms with Crippen LogP contribution in [0.2, 0.25) is 0 Å². The molecule has 0 bridgehead atoms. The fraction of sp³-hybridized carbons (Fsp3) is 0.250. The Morgan fingerprint density at radius 3 is 2.82 bits per heavy atom. The fourth-order valence-corrected chi connectivity index (χ4v) is 2.91. The van der Waals surface area contributed by atoms with E-state index in [0.29, 0.717) is 12.1 Å². The first-order valence-electron chi connectivity index (χ1n) is 6.83. The molecule has 0 saturated carbocycles. The van der Waals surface area contributed by atoms with Gasteiger partial charge >= 0.3 is 5.97 Å². The van der Waals surface area contributed by atoms with E-state index in [1.807, 2.05) is 29.6 Å². The number of carbonyl (C=O) groups excluding carboxylic acids is 2. The van der Waals surface area contributed by atoms with Crippen molar-refractivity contribution in [1.82, 2.24) is 0 Å². The van der Waals surface area contributed by atoms with Crippen LogP contribution in [0.1, 0.15) is 18.2 Å². The molecular weight excluding hydrogens is 366 g/mol. The van der Waals surface area contributed by atoms with Crippen molar-refractivity contribution < 1.29 is 14.3 Å². The summed E-state index contributed by atoms with van der Waals surface area (Å²) in [6.45, 7) is 1.57. The van der Waals surface area contributed by atoms with E-state index in [2.05, 4.69) is 21.2 Å². The Labute approximate surface area is 141 Å². The summed E-state index contributed by atoms with van der Waals surface area (Å²) < 4.78 is 6.02. The van der Waals surface area contributed by atoms with E-state index in [4.69, 9.17) is 4.74 Å². The second-order valence-corrected chi connectivity index (χ2v) is 6.66. The maximum Gasteiger partial charge on any atom is 0.306 e. The number of carbonyl (C=O) groups is 2. The molecule has 0 aliphatic carbocycles. The van der Waals surface area contributed by atoms with Crippen molar-refractivity contribution in [1.29, 1.82) is 0 Å². The Morgan fingerprint density at radius 2 is 2.14 bits per heavy atom. The Balaban J connectivity index is 1.79. The van der Waals surface area contributed by atoms with Crippen molar-refractivity contribution in [2.24, 2.45) is 0 Å². The quantitative estimate of drug-likeness (QED) is 0.768. The van der Waals surface area contributed by atoms with E-state index in [1.54, 1.807) is 30.4 Å². The van der Waals surface area contributed by atoms with Crippen molar-refractivity contribution in [3.63, 3.8) is 0 Å². The Kier molecular flexibility index (Phi) is 6.15. The number of amides is 1. The van der Waals surface area contributed by atoms with Gasteiger partial charge in [0, 0.05) is 15.0 Å². The van der Waals surface area contributed by atoms with Crippen LogP contribution in [0.3, 0.4) is 0 Å². The minimum atomic E-state index is -0.824. The van der Waals surface area contributed by atoms with E-state index >= 15 is 0 Å². The number of nitrogens with one attached hydrogen (secondary N) is 1. The maximum absolute atomic E-state index is 12.0. The van der Waals surface area contributed by atoms with Crippen LogP contribution in [-0.4, -0.2) is 18.0 Å². The van der Waals surface area contributed by atoms with E-state index in [9.17, 15) is 9.59 Å². The van der Waals surface area contributed by atoms with Gasteiger partial charge in [-0.15, -0.1) is 11.3 Å². The molecular formula is C16H16BrNO3S. The van der Waals surface area contributed by atoms with Crippen LogP contribution >= 0.6 is 27.3 Å². The Hall–Kier alpha value is -1.66. The van der Waals surface area contributed by atoms with E-state index in [1.165, 1.54) is 0 Å². The molecule has 22 heavy (non-hydrogen) atoms. The predicted molar refractivity (Wildman–Crippen MR) is 91.0 cm³/mol. The van der Waals surface area contributed by atoms with Gasteiger partial charge in [-0.05, 0) is 43.0 Å². The molecule has 6 heteroatoms. The summed E-state index contributed by atoms with van der Waals surface area (Å²) in [5.41, 5.74) is 0.654. The number of halogens is 1. The first-order chi connectivity index (χ1) is 10.5. The topological polar surface area (TPSA) is 55.4 Å². The van der Waals surface area contributed by atoms with Crippen LogP contribution in [0, 0.1) is 0 Å². The number of esters is 1. The van der Waals surface area contributed by atoms with Gasteiger partial charge < -0.3 is 10.1 Å². The molecule has 1 aromatic carbocycles. The molecule has 0 fully saturated rings. The lowest BCUT2D eigenvalue weighted by Crippen LogP contribution is -2.30. The van der Waals surface area contributed by atoms with Crippen LogP contribution in [0.4, 0.5) is 5.69 Å². The average molecular weight is 382 g/mol. The van der Waals surface area contributed by atoms with Crippen LogP contribution in [0.15, 0.2) is 46.3 Å². The smallest absolute Gasteiger partial charge is 0.306 e. The predicted octanol–water partition coefficient (Wildman–Crippen LogP) is 4.01. The number of hydrogen-bond donors (Lipinski definition) is 1. The van der Waals surface area contributed by atoms with Gasteiger partial charge in [-0.1, -0.05) is 28.1 Å². The average Bonchev–Trinajstić information content (AvgIpc) is 2.98. The van der Waals surface area contributed by atoms with Crippen LogP contribution < -0.4 is 5.32 Å². The molecule has 1 amide bonds. The van der Waals surface area contributed by atoms with Gasteiger partial charge in [0.1, 0.15) is 0 Å². The van der Waals surface area contributed by atoms with E-state index < -0.39 is 6.10 Å². The summed E-state index contributed by atoms with van der Waals surface area (Å²) in [6, 6.07) is 11.2. The lowest BCUT2D eigenvalue weighted by molar-refractivity contribution is -0.153. The molecule has 1 aromatic heterocycles. The molecule has 0 saturated heterocycles. The van der Waals surface area contributed by atoms with Crippen LogP contribution in [-0.2, 0) is 20.7 Å². The molecule has 0 aliphatic heterocycles. The number of rotatable bonds is 6. The molecule has 0 radical (unpaired) electrons. The third kappa shape index (κ3) is 5.27. The highest BCUT2D eigenvalue weighted by molar-refractivity contribution is 9.10. The third-order valence-corrected chi connectivity index (χ3v) is 4.35. The number of ether oxygens (including phenoxy) is 1. The fourth-order valence-electron chi connectivity index (χ4n) is 1.80. The zero-order chi connectivity index (χ0) is 15.9. The molecule has 4 nitrogen and oxygen atoms in total. The number of thiophene rings is 1. The van der Waals surface area contributed by atoms with Crippen molar-refractivity contribution in [2.75, 3.05) is 5.32 Å². The SMILES string of the molecule is C[C@@H](OC(=O)CCc1cccs1)C(=O)Nc1cccc(Br)c1. The molecule has 2 aromatic rings. The zero-order valence-electron chi connectivity index (χ0n) is 12.0. The van der Waals surface area contributed by atoms with E-state index in [-0.39, 0.29) is 18.3 Å². The first-order valence-corrected chi connectivity index (χ1v) is 8.50. The highest BCUT2D eigenvalue weighted by Gasteiger charge is 2.18. The summed E-state index contributed by atoms with van der Waals surface area (Å²) in [4.78, 5) is 24.9. The lowest BCUT2D eigenvalue weighted by Gasteiger charge is -2.13. The summed E-state index contributed by atoms with van der Waals surface area (Å²) >= 11 is 4.93. The van der Waals surface area contributed by atoms with Gasteiger partial charge in [0.15, 0.2) is 6.10 Å². The number of anilines is 1. The molecule has 2 rings (SSSR count). The highest BCUT2D eigenvalue weighted by Crippen LogP contribution is 2.16. The third-order valence-electron chi connectivity index (χ3n) is 2.93.